The second-order valence-corrected chi connectivity index (χ2v) is 3.96. The number of aryl methyl sites for hydroxylation is 1. The van der Waals surface area contributed by atoms with E-state index in [-0.39, 0.29) is 0 Å². The third-order valence-electron chi connectivity index (χ3n) is 2.69. The molecule has 0 atom stereocenters. The molecule has 2 aromatic heterocycles. The number of aromatic nitrogens is 4. The lowest BCUT2D eigenvalue weighted by atomic mass is 10.2. The zero-order chi connectivity index (χ0) is 12.4. The molecule has 0 amide bonds. The Bertz CT molecular complexity index is 644. The predicted octanol–water partition coefficient (Wildman–Crippen LogP) is 2.54. The summed E-state index contributed by atoms with van der Waals surface area (Å²) >= 11 is 0. The number of pyridine rings is 1. The molecule has 0 radical (unpaired) electrons. The second kappa shape index (κ2) is 4.41. The lowest BCUT2D eigenvalue weighted by Crippen LogP contribution is -1.95. The molecule has 0 fully saturated rings. The highest BCUT2D eigenvalue weighted by molar-refractivity contribution is 5.59. The smallest absolute Gasteiger partial charge is 0.181 e. The van der Waals surface area contributed by atoms with Crippen molar-refractivity contribution in [3.8, 4) is 22.9 Å². The van der Waals surface area contributed by atoms with Gasteiger partial charge in [-0.15, -0.1) is 0 Å². The maximum absolute atomic E-state index is 4.54. The molecular weight excluding hydrogens is 224 g/mol. The van der Waals surface area contributed by atoms with Gasteiger partial charge in [-0.1, -0.05) is 36.4 Å². The third-order valence-corrected chi connectivity index (χ3v) is 2.69. The molecular formula is C14H12N4. The normalized spacial score (nSPS) is 10.5. The molecule has 0 N–H and O–H groups in total. The fraction of sp³-hybridized carbons (Fsp3) is 0.0714. The molecule has 0 spiro atoms. The van der Waals surface area contributed by atoms with E-state index in [1.54, 1.807) is 10.9 Å². The Morgan fingerprint density at radius 2 is 1.72 bits per heavy atom. The van der Waals surface area contributed by atoms with E-state index in [0.717, 1.165) is 22.9 Å². The van der Waals surface area contributed by atoms with Crippen LogP contribution in [0.2, 0.25) is 0 Å². The topological polar surface area (TPSA) is 43.6 Å². The molecule has 0 aliphatic heterocycles. The van der Waals surface area contributed by atoms with Gasteiger partial charge in [0.05, 0.1) is 0 Å². The van der Waals surface area contributed by atoms with Crippen molar-refractivity contribution in [3.63, 3.8) is 0 Å². The van der Waals surface area contributed by atoms with Crippen LogP contribution in [0.3, 0.4) is 0 Å². The van der Waals surface area contributed by atoms with Crippen LogP contribution in [0.4, 0.5) is 0 Å². The summed E-state index contributed by atoms with van der Waals surface area (Å²) in [7, 11) is 1.88. The lowest BCUT2D eigenvalue weighted by molar-refractivity contribution is 0.774. The molecule has 0 saturated heterocycles. The van der Waals surface area contributed by atoms with Gasteiger partial charge >= 0.3 is 0 Å². The molecule has 4 heteroatoms. The van der Waals surface area contributed by atoms with Gasteiger partial charge in [0, 0.05) is 18.8 Å². The minimum atomic E-state index is 0.721. The Labute approximate surface area is 105 Å². The fourth-order valence-electron chi connectivity index (χ4n) is 1.81. The van der Waals surface area contributed by atoms with Gasteiger partial charge in [-0.25, -0.2) is 9.67 Å². The van der Waals surface area contributed by atoms with Gasteiger partial charge in [0.2, 0.25) is 0 Å². The molecule has 0 aliphatic rings. The van der Waals surface area contributed by atoms with E-state index in [9.17, 15) is 0 Å². The Hall–Kier alpha value is -2.49. The number of nitrogens with zero attached hydrogens (tertiary/aromatic N) is 4. The maximum atomic E-state index is 4.54. The van der Waals surface area contributed by atoms with E-state index in [1.165, 1.54) is 0 Å². The van der Waals surface area contributed by atoms with Gasteiger partial charge in [0.25, 0.3) is 0 Å². The summed E-state index contributed by atoms with van der Waals surface area (Å²) in [5.74, 6) is 1.49. The molecule has 2 heterocycles. The number of rotatable bonds is 2. The standard InChI is InChI=1S/C14H12N4/c1-18-14(12-9-5-6-10-15-12)16-13(17-18)11-7-3-2-4-8-11/h2-10H,1H3. The summed E-state index contributed by atoms with van der Waals surface area (Å²) in [5.41, 5.74) is 1.84. The van der Waals surface area contributed by atoms with Crippen molar-refractivity contribution in [1.82, 2.24) is 19.7 Å². The molecule has 18 heavy (non-hydrogen) atoms. The van der Waals surface area contributed by atoms with Gasteiger partial charge in [0.1, 0.15) is 5.69 Å². The summed E-state index contributed by atoms with van der Waals surface area (Å²) < 4.78 is 1.75. The van der Waals surface area contributed by atoms with Crippen LogP contribution < -0.4 is 0 Å². The Balaban J connectivity index is 2.07. The first kappa shape index (κ1) is 10.7. The van der Waals surface area contributed by atoms with Gasteiger partial charge in [-0.2, -0.15) is 5.10 Å². The first-order valence-electron chi connectivity index (χ1n) is 5.72. The zero-order valence-corrected chi connectivity index (χ0v) is 9.99. The van der Waals surface area contributed by atoms with E-state index in [1.807, 2.05) is 55.6 Å². The molecule has 88 valence electrons. The predicted molar refractivity (Wildman–Crippen MR) is 69.7 cm³/mol. The van der Waals surface area contributed by atoms with Crippen LogP contribution in [-0.2, 0) is 7.05 Å². The van der Waals surface area contributed by atoms with E-state index in [4.69, 9.17) is 0 Å². The van der Waals surface area contributed by atoms with E-state index >= 15 is 0 Å². The van der Waals surface area contributed by atoms with Crippen LogP contribution >= 0.6 is 0 Å². The average molecular weight is 236 g/mol. The first-order chi connectivity index (χ1) is 8.84. The lowest BCUT2D eigenvalue weighted by Gasteiger charge is -1.96. The molecule has 0 unspecified atom stereocenters. The van der Waals surface area contributed by atoms with E-state index in [2.05, 4.69) is 15.1 Å². The summed E-state index contributed by atoms with van der Waals surface area (Å²) in [5, 5.41) is 4.42. The highest BCUT2D eigenvalue weighted by atomic mass is 15.3. The zero-order valence-electron chi connectivity index (χ0n) is 9.99. The van der Waals surface area contributed by atoms with Gasteiger partial charge in [-0.3, -0.25) is 4.98 Å². The Kier molecular flexibility index (Phi) is 2.61. The van der Waals surface area contributed by atoms with Crippen molar-refractivity contribution in [3.05, 3.63) is 54.7 Å². The van der Waals surface area contributed by atoms with Crippen LogP contribution in [0.15, 0.2) is 54.7 Å². The van der Waals surface area contributed by atoms with Crippen LogP contribution in [-0.4, -0.2) is 19.7 Å². The van der Waals surface area contributed by atoms with Crippen LogP contribution in [0, 0.1) is 0 Å². The van der Waals surface area contributed by atoms with Crippen molar-refractivity contribution in [1.29, 1.82) is 0 Å². The van der Waals surface area contributed by atoms with Gasteiger partial charge in [0.15, 0.2) is 11.6 Å². The minimum Gasteiger partial charge on any atom is -0.253 e. The number of hydrogen-bond acceptors (Lipinski definition) is 3. The summed E-state index contributed by atoms with van der Waals surface area (Å²) in [6.07, 6.45) is 1.76. The molecule has 3 aromatic rings. The van der Waals surface area contributed by atoms with Crippen molar-refractivity contribution >= 4 is 0 Å². The largest absolute Gasteiger partial charge is 0.253 e. The first-order valence-corrected chi connectivity index (χ1v) is 5.72. The van der Waals surface area contributed by atoms with Crippen LogP contribution in [0.1, 0.15) is 0 Å². The quantitative estimate of drug-likeness (QED) is 0.686. The van der Waals surface area contributed by atoms with Gasteiger partial charge < -0.3 is 0 Å². The third kappa shape index (κ3) is 1.88. The summed E-state index contributed by atoms with van der Waals surface area (Å²) in [4.78, 5) is 8.83. The molecule has 1 aromatic carbocycles. The fourth-order valence-corrected chi connectivity index (χ4v) is 1.81. The van der Waals surface area contributed by atoms with Crippen molar-refractivity contribution in [2.75, 3.05) is 0 Å². The minimum absolute atomic E-state index is 0.721. The molecule has 0 saturated carbocycles. The highest BCUT2D eigenvalue weighted by Crippen LogP contribution is 2.19. The number of benzene rings is 1. The molecule has 4 nitrogen and oxygen atoms in total. The Morgan fingerprint density at radius 3 is 2.44 bits per heavy atom. The Morgan fingerprint density at radius 1 is 0.944 bits per heavy atom. The van der Waals surface area contributed by atoms with Crippen molar-refractivity contribution in [2.24, 2.45) is 7.05 Å². The SMILES string of the molecule is Cn1nc(-c2ccccc2)nc1-c1ccccn1. The highest BCUT2D eigenvalue weighted by Gasteiger charge is 2.11. The number of hydrogen-bond donors (Lipinski definition) is 0. The van der Waals surface area contributed by atoms with Crippen molar-refractivity contribution < 1.29 is 0 Å². The van der Waals surface area contributed by atoms with E-state index in [0.29, 0.717) is 0 Å². The maximum Gasteiger partial charge on any atom is 0.181 e. The van der Waals surface area contributed by atoms with Crippen LogP contribution in [0.25, 0.3) is 22.9 Å². The van der Waals surface area contributed by atoms with Crippen LogP contribution in [0.5, 0.6) is 0 Å². The second-order valence-electron chi connectivity index (χ2n) is 3.96. The monoisotopic (exact) mass is 236 g/mol. The van der Waals surface area contributed by atoms with Crippen molar-refractivity contribution in [2.45, 2.75) is 0 Å². The average Bonchev–Trinajstić information content (AvgIpc) is 2.83. The van der Waals surface area contributed by atoms with Gasteiger partial charge in [-0.05, 0) is 12.1 Å². The summed E-state index contributed by atoms with van der Waals surface area (Å²) in [6, 6.07) is 15.7. The molecule has 0 bridgehead atoms. The van der Waals surface area contributed by atoms with E-state index < -0.39 is 0 Å². The molecule has 0 aliphatic carbocycles. The molecule has 3 rings (SSSR count). The summed E-state index contributed by atoms with van der Waals surface area (Å²) in [6.45, 7) is 0.